The lowest BCUT2D eigenvalue weighted by atomic mass is 10.1. The topological polar surface area (TPSA) is 66.5 Å². The summed E-state index contributed by atoms with van der Waals surface area (Å²) in [6.07, 6.45) is 0.704. The summed E-state index contributed by atoms with van der Waals surface area (Å²) in [5, 5.41) is 4.35. The summed E-state index contributed by atoms with van der Waals surface area (Å²) in [6.45, 7) is 0.249. The number of nitrogens with one attached hydrogen (secondary N) is 1. The molecule has 0 saturated carbocycles. The fourth-order valence-electron chi connectivity index (χ4n) is 3.31. The molecular weight excluding hydrogens is 348 g/mol. The maximum Gasteiger partial charge on any atom is 0.265 e. The molecule has 0 bridgehead atoms. The largest absolute Gasteiger partial charge is 0.354 e. The van der Waals surface area contributed by atoms with Crippen molar-refractivity contribution in [2.45, 2.75) is 11.3 Å². The maximum atomic E-state index is 12.8. The molecule has 6 heteroatoms. The van der Waals surface area contributed by atoms with Gasteiger partial charge >= 0.3 is 0 Å². The molecule has 1 N–H and O–H groups in total. The van der Waals surface area contributed by atoms with E-state index >= 15 is 0 Å². The van der Waals surface area contributed by atoms with Crippen LogP contribution in [0, 0.1) is 0 Å². The number of amides is 1. The van der Waals surface area contributed by atoms with Crippen molar-refractivity contribution in [3.05, 3.63) is 72.3 Å². The highest BCUT2D eigenvalue weighted by Gasteiger charge is 2.36. The SMILES string of the molecule is O=C(CN1c2cccc3cccc(c23)S1(=O)=O)NCCc1ccccc1. The molecule has 0 radical (unpaired) electrons. The van der Waals surface area contributed by atoms with Gasteiger partial charge in [-0.05, 0) is 29.5 Å². The van der Waals surface area contributed by atoms with Crippen LogP contribution in [0.4, 0.5) is 5.69 Å². The first kappa shape index (κ1) is 16.6. The van der Waals surface area contributed by atoms with Crippen molar-refractivity contribution in [1.82, 2.24) is 5.32 Å². The van der Waals surface area contributed by atoms with Crippen molar-refractivity contribution in [2.75, 3.05) is 17.4 Å². The van der Waals surface area contributed by atoms with E-state index in [2.05, 4.69) is 5.32 Å². The van der Waals surface area contributed by atoms with Crippen LogP contribution in [-0.4, -0.2) is 27.4 Å². The van der Waals surface area contributed by atoms with E-state index in [9.17, 15) is 13.2 Å². The predicted octanol–water partition coefficient (Wildman–Crippen LogP) is 2.71. The summed E-state index contributed by atoms with van der Waals surface area (Å²) in [6, 6.07) is 20.5. The first-order valence-corrected chi connectivity index (χ1v) is 9.86. The third-order valence-electron chi connectivity index (χ3n) is 4.55. The van der Waals surface area contributed by atoms with E-state index in [4.69, 9.17) is 0 Å². The minimum absolute atomic E-state index is 0.217. The van der Waals surface area contributed by atoms with E-state index in [-0.39, 0.29) is 17.3 Å². The van der Waals surface area contributed by atoms with Crippen molar-refractivity contribution < 1.29 is 13.2 Å². The fraction of sp³-hybridized carbons (Fsp3) is 0.150. The van der Waals surface area contributed by atoms with Crippen LogP contribution in [0.5, 0.6) is 0 Å². The molecule has 1 aliphatic heterocycles. The Morgan fingerprint density at radius 2 is 1.65 bits per heavy atom. The zero-order valence-electron chi connectivity index (χ0n) is 14.1. The lowest BCUT2D eigenvalue weighted by molar-refractivity contribution is -0.119. The number of carbonyl (C=O) groups excluding carboxylic acids is 1. The van der Waals surface area contributed by atoms with Gasteiger partial charge in [0, 0.05) is 11.9 Å². The zero-order valence-corrected chi connectivity index (χ0v) is 14.9. The second-order valence-electron chi connectivity index (χ2n) is 6.23. The van der Waals surface area contributed by atoms with Gasteiger partial charge in [0.1, 0.15) is 6.54 Å². The molecule has 0 aliphatic carbocycles. The average Bonchev–Trinajstić information content (AvgIpc) is 2.86. The second kappa shape index (κ2) is 6.46. The van der Waals surface area contributed by atoms with Crippen molar-refractivity contribution in [3.63, 3.8) is 0 Å². The molecule has 132 valence electrons. The molecule has 26 heavy (non-hydrogen) atoms. The van der Waals surface area contributed by atoms with E-state index in [1.165, 1.54) is 4.31 Å². The highest BCUT2D eigenvalue weighted by Crippen LogP contribution is 2.41. The summed E-state index contributed by atoms with van der Waals surface area (Å²) in [4.78, 5) is 12.6. The maximum absolute atomic E-state index is 12.8. The Morgan fingerprint density at radius 3 is 2.42 bits per heavy atom. The van der Waals surface area contributed by atoms with Crippen LogP contribution < -0.4 is 9.62 Å². The number of anilines is 1. The van der Waals surface area contributed by atoms with Crippen molar-refractivity contribution in [1.29, 1.82) is 0 Å². The van der Waals surface area contributed by atoms with E-state index < -0.39 is 10.0 Å². The molecule has 0 spiro atoms. The number of nitrogens with zero attached hydrogens (tertiary/aromatic N) is 1. The van der Waals surface area contributed by atoms with Crippen molar-refractivity contribution in [3.8, 4) is 0 Å². The summed E-state index contributed by atoms with van der Waals surface area (Å²) in [7, 11) is -3.70. The van der Waals surface area contributed by atoms with Gasteiger partial charge in [-0.1, -0.05) is 54.6 Å². The number of hydrogen-bond acceptors (Lipinski definition) is 3. The van der Waals surface area contributed by atoms with Crippen LogP contribution >= 0.6 is 0 Å². The first-order valence-electron chi connectivity index (χ1n) is 8.42. The number of carbonyl (C=O) groups is 1. The molecule has 5 nitrogen and oxygen atoms in total. The lowest BCUT2D eigenvalue weighted by Crippen LogP contribution is -2.39. The molecule has 0 saturated heterocycles. The molecule has 4 rings (SSSR count). The Hall–Kier alpha value is -2.86. The van der Waals surface area contributed by atoms with Gasteiger partial charge < -0.3 is 5.32 Å². The van der Waals surface area contributed by atoms with Crippen LogP contribution in [0.1, 0.15) is 5.56 Å². The highest BCUT2D eigenvalue weighted by molar-refractivity contribution is 7.93. The number of benzene rings is 3. The number of sulfonamides is 1. The quantitative estimate of drug-likeness (QED) is 0.755. The minimum atomic E-state index is -3.70. The summed E-state index contributed by atoms with van der Waals surface area (Å²) < 4.78 is 26.9. The van der Waals surface area contributed by atoms with Gasteiger partial charge in [0.2, 0.25) is 5.91 Å². The van der Waals surface area contributed by atoms with Gasteiger partial charge in [-0.3, -0.25) is 9.10 Å². The van der Waals surface area contributed by atoms with Crippen molar-refractivity contribution in [2.24, 2.45) is 0 Å². The minimum Gasteiger partial charge on any atom is -0.354 e. The van der Waals surface area contributed by atoms with E-state index in [0.717, 1.165) is 10.9 Å². The predicted molar refractivity (Wildman–Crippen MR) is 102 cm³/mol. The van der Waals surface area contributed by atoms with Crippen LogP contribution in [0.15, 0.2) is 71.6 Å². The molecule has 0 unspecified atom stereocenters. The van der Waals surface area contributed by atoms with Crippen molar-refractivity contribution >= 4 is 32.4 Å². The lowest BCUT2D eigenvalue weighted by Gasteiger charge is -2.18. The Kier molecular flexibility index (Phi) is 4.12. The normalized spacial score (nSPS) is 14.5. The Bertz CT molecular complexity index is 1070. The zero-order chi connectivity index (χ0) is 18.1. The Balaban J connectivity index is 1.50. The third kappa shape index (κ3) is 2.82. The third-order valence-corrected chi connectivity index (χ3v) is 6.35. The van der Waals surface area contributed by atoms with E-state index in [0.29, 0.717) is 24.0 Å². The molecule has 0 aromatic heterocycles. The molecule has 1 amide bonds. The standard InChI is InChI=1S/C20H18N2O3S/c23-19(21-13-12-15-6-2-1-3-7-15)14-22-17-10-4-8-16-9-5-11-18(20(16)17)26(22,24)25/h1-11H,12-14H2,(H,21,23). The highest BCUT2D eigenvalue weighted by atomic mass is 32.2. The molecule has 3 aromatic rings. The number of hydrogen-bond donors (Lipinski definition) is 1. The summed E-state index contributed by atoms with van der Waals surface area (Å²) in [5.74, 6) is -0.311. The monoisotopic (exact) mass is 366 g/mol. The van der Waals surface area contributed by atoms with Gasteiger partial charge in [-0.25, -0.2) is 8.42 Å². The van der Waals surface area contributed by atoms with Crippen LogP contribution in [0.25, 0.3) is 10.8 Å². The molecule has 0 fully saturated rings. The van der Waals surface area contributed by atoms with Crippen LogP contribution in [0.2, 0.25) is 0 Å². The van der Waals surface area contributed by atoms with Crippen LogP contribution in [0.3, 0.4) is 0 Å². The Morgan fingerprint density at radius 1 is 0.923 bits per heavy atom. The van der Waals surface area contributed by atoms with E-state index in [1.807, 2.05) is 48.5 Å². The smallest absolute Gasteiger partial charge is 0.265 e. The summed E-state index contributed by atoms with van der Waals surface area (Å²) >= 11 is 0. The first-order chi connectivity index (χ1) is 12.6. The van der Waals surface area contributed by atoms with Gasteiger partial charge in [-0.2, -0.15) is 0 Å². The molecule has 3 aromatic carbocycles. The molecule has 1 heterocycles. The Labute approximate surface area is 152 Å². The molecule has 0 atom stereocenters. The van der Waals surface area contributed by atoms with E-state index in [1.54, 1.807) is 18.2 Å². The number of rotatable bonds is 5. The van der Waals surface area contributed by atoms with Crippen LogP contribution in [-0.2, 0) is 21.2 Å². The summed E-state index contributed by atoms with van der Waals surface area (Å²) in [5.41, 5.74) is 1.69. The van der Waals surface area contributed by atoms with Gasteiger partial charge in [0.15, 0.2) is 0 Å². The van der Waals surface area contributed by atoms with Gasteiger partial charge in [-0.15, -0.1) is 0 Å². The average molecular weight is 366 g/mol. The molecule has 1 aliphatic rings. The fourth-order valence-corrected chi connectivity index (χ4v) is 4.97. The second-order valence-corrected chi connectivity index (χ2v) is 8.06. The van der Waals surface area contributed by atoms with Gasteiger partial charge in [0.05, 0.1) is 10.6 Å². The van der Waals surface area contributed by atoms with Gasteiger partial charge in [0.25, 0.3) is 10.0 Å². The molecular formula is C20H18N2O3S.